The van der Waals surface area contributed by atoms with E-state index in [-0.39, 0.29) is 5.25 Å². The topological polar surface area (TPSA) is 46.2 Å². The van der Waals surface area contributed by atoms with E-state index in [4.69, 9.17) is 0 Å². The van der Waals surface area contributed by atoms with E-state index in [9.17, 15) is 8.42 Å². The van der Waals surface area contributed by atoms with Crippen LogP contribution in [0.5, 0.6) is 0 Å². The average Bonchev–Trinajstić information content (AvgIpc) is 2.39. The summed E-state index contributed by atoms with van der Waals surface area (Å²) in [6.45, 7) is 7.78. The Morgan fingerprint density at radius 1 is 1.20 bits per heavy atom. The molecular weight excluding hydrogens is 270 g/mol. The molecule has 3 nitrogen and oxygen atoms in total. The van der Waals surface area contributed by atoms with Crippen molar-refractivity contribution in [1.29, 1.82) is 0 Å². The van der Waals surface area contributed by atoms with Crippen LogP contribution in [-0.4, -0.2) is 32.5 Å². The Hall–Kier alpha value is -0.0900. The molecule has 4 atom stereocenters. The number of sulfone groups is 1. The predicted molar refractivity (Wildman–Crippen MR) is 86.7 cm³/mol. The summed E-state index contributed by atoms with van der Waals surface area (Å²) in [5.41, 5.74) is 0. The normalized spacial score (nSPS) is 27.2. The lowest BCUT2D eigenvalue weighted by atomic mass is 9.77. The Labute approximate surface area is 125 Å². The van der Waals surface area contributed by atoms with Crippen molar-refractivity contribution in [3.05, 3.63) is 0 Å². The Morgan fingerprint density at radius 2 is 1.90 bits per heavy atom. The molecule has 1 aliphatic carbocycles. The van der Waals surface area contributed by atoms with E-state index in [1.165, 1.54) is 25.5 Å². The molecule has 1 saturated carbocycles. The lowest BCUT2D eigenvalue weighted by Gasteiger charge is -2.37. The molecule has 0 bridgehead atoms. The van der Waals surface area contributed by atoms with Crippen LogP contribution in [0.25, 0.3) is 0 Å². The first-order valence-electron chi connectivity index (χ1n) is 8.32. The molecule has 0 saturated heterocycles. The summed E-state index contributed by atoms with van der Waals surface area (Å²) in [6.07, 6.45) is 8.93. The predicted octanol–water partition coefficient (Wildman–Crippen LogP) is 3.39. The van der Waals surface area contributed by atoms with E-state index in [2.05, 4.69) is 26.1 Å². The minimum atomic E-state index is -2.88. The number of hydrogen-bond donors (Lipinski definition) is 1. The monoisotopic (exact) mass is 303 g/mol. The number of rotatable bonds is 8. The second kappa shape index (κ2) is 8.38. The molecule has 0 aliphatic heterocycles. The minimum absolute atomic E-state index is 0.110. The highest BCUT2D eigenvalue weighted by Gasteiger charge is 2.34. The van der Waals surface area contributed by atoms with E-state index in [1.807, 2.05) is 0 Å². The van der Waals surface area contributed by atoms with Crippen LogP contribution in [0.15, 0.2) is 0 Å². The van der Waals surface area contributed by atoms with Crippen LogP contribution in [0.3, 0.4) is 0 Å². The van der Waals surface area contributed by atoms with Crippen molar-refractivity contribution in [1.82, 2.24) is 5.32 Å². The van der Waals surface area contributed by atoms with Gasteiger partial charge in [0.25, 0.3) is 0 Å². The van der Waals surface area contributed by atoms with Crippen molar-refractivity contribution < 1.29 is 8.42 Å². The molecule has 1 fully saturated rings. The summed E-state index contributed by atoms with van der Waals surface area (Å²) >= 11 is 0. The highest BCUT2D eigenvalue weighted by atomic mass is 32.2. The average molecular weight is 304 g/mol. The smallest absolute Gasteiger partial charge is 0.150 e. The van der Waals surface area contributed by atoms with E-state index in [0.717, 1.165) is 32.2 Å². The highest BCUT2D eigenvalue weighted by Crippen LogP contribution is 2.33. The fourth-order valence-electron chi connectivity index (χ4n) is 3.67. The number of nitrogens with one attached hydrogen (secondary N) is 1. The largest absolute Gasteiger partial charge is 0.313 e. The van der Waals surface area contributed by atoms with Crippen molar-refractivity contribution in [2.24, 2.45) is 11.8 Å². The quantitative estimate of drug-likeness (QED) is 0.747. The maximum Gasteiger partial charge on any atom is 0.150 e. The van der Waals surface area contributed by atoms with Gasteiger partial charge in [0.2, 0.25) is 0 Å². The lowest BCUT2D eigenvalue weighted by Crippen LogP contribution is -2.45. The summed E-state index contributed by atoms with van der Waals surface area (Å²) < 4.78 is 23.7. The zero-order valence-electron chi connectivity index (χ0n) is 13.7. The molecule has 20 heavy (non-hydrogen) atoms. The van der Waals surface area contributed by atoms with Crippen LogP contribution in [0.2, 0.25) is 0 Å². The zero-order chi connectivity index (χ0) is 15.2. The fourth-order valence-corrected chi connectivity index (χ4v) is 4.87. The second-order valence-electron chi connectivity index (χ2n) is 6.62. The van der Waals surface area contributed by atoms with Crippen LogP contribution in [0.4, 0.5) is 0 Å². The molecule has 4 heteroatoms. The summed E-state index contributed by atoms with van der Waals surface area (Å²) in [5.74, 6) is 1.16. The molecule has 0 aromatic heterocycles. The van der Waals surface area contributed by atoms with Gasteiger partial charge in [-0.05, 0) is 50.5 Å². The van der Waals surface area contributed by atoms with Gasteiger partial charge in [0, 0.05) is 12.3 Å². The summed E-state index contributed by atoms with van der Waals surface area (Å²) in [5, 5.41) is 3.59. The summed E-state index contributed by atoms with van der Waals surface area (Å²) in [7, 11) is -2.88. The Morgan fingerprint density at radius 3 is 2.45 bits per heavy atom. The molecule has 0 spiro atoms. The van der Waals surface area contributed by atoms with Gasteiger partial charge in [0.1, 0.15) is 9.84 Å². The fraction of sp³-hybridized carbons (Fsp3) is 1.00. The molecule has 1 N–H and O–H groups in total. The first-order valence-corrected chi connectivity index (χ1v) is 10.3. The molecule has 0 aromatic rings. The van der Waals surface area contributed by atoms with Crippen LogP contribution in [-0.2, 0) is 9.84 Å². The molecule has 4 unspecified atom stereocenters. The van der Waals surface area contributed by atoms with Gasteiger partial charge >= 0.3 is 0 Å². The van der Waals surface area contributed by atoms with Crippen molar-refractivity contribution in [3.63, 3.8) is 0 Å². The van der Waals surface area contributed by atoms with Crippen molar-refractivity contribution >= 4 is 9.84 Å². The maximum absolute atomic E-state index is 11.8. The van der Waals surface area contributed by atoms with Gasteiger partial charge < -0.3 is 5.32 Å². The van der Waals surface area contributed by atoms with Crippen LogP contribution < -0.4 is 5.32 Å². The van der Waals surface area contributed by atoms with Gasteiger partial charge in [0.05, 0.1) is 5.25 Å². The first kappa shape index (κ1) is 18.0. The standard InChI is InChI=1S/C16H33NO2S/c1-5-8-13(3)16(17-11-6-2)14-9-7-10-15(12-14)20(4,18)19/h13-17H,5-12H2,1-4H3. The molecule has 0 heterocycles. The third-order valence-electron chi connectivity index (χ3n) is 4.77. The van der Waals surface area contributed by atoms with Crippen molar-refractivity contribution in [3.8, 4) is 0 Å². The highest BCUT2D eigenvalue weighted by molar-refractivity contribution is 7.91. The lowest BCUT2D eigenvalue weighted by molar-refractivity contribution is 0.208. The van der Waals surface area contributed by atoms with Crippen LogP contribution >= 0.6 is 0 Å². The third kappa shape index (κ3) is 5.36. The van der Waals surface area contributed by atoms with Gasteiger partial charge in [-0.1, -0.05) is 33.6 Å². The van der Waals surface area contributed by atoms with E-state index < -0.39 is 9.84 Å². The number of hydrogen-bond acceptors (Lipinski definition) is 3. The van der Waals surface area contributed by atoms with Crippen LogP contribution in [0.1, 0.15) is 65.7 Å². The van der Waals surface area contributed by atoms with Crippen LogP contribution in [0, 0.1) is 11.8 Å². The molecule has 1 rings (SSSR count). The first-order chi connectivity index (χ1) is 9.40. The maximum atomic E-state index is 11.8. The Balaban J connectivity index is 2.73. The van der Waals surface area contributed by atoms with E-state index in [1.54, 1.807) is 0 Å². The van der Waals surface area contributed by atoms with Gasteiger partial charge in [-0.25, -0.2) is 8.42 Å². The Bertz CT molecular complexity index is 367. The molecule has 0 amide bonds. The SMILES string of the molecule is CCCNC(C(C)CCC)C1CCCC(S(C)(=O)=O)C1. The molecule has 0 aromatic carbocycles. The van der Waals surface area contributed by atoms with E-state index in [0.29, 0.717) is 17.9 Å². The molecule has 0 radical (unpaired) electrons. The van der Waals surface area contributed by atoms with Gasteiger partial charge in [-0.3, -0.25) is 0 Å². The van der Waals surface area contributed by atoms with Crippen molar-refractivity contribution in [2.75, 3.05) is 12.8 Å². The second-order valence-corrected chi connectivity index (χ2v) is 8.95. The van der Waals surface area contributed by atoms with E-state index >= 15 is 0 Å². The minimum Gasteiger partial charge on any atom is -0.313 e. The summed E-state index contributed by atoms with van der Waals surface area (Å²) in [6, 6.07) is 0.486. The van der Waals surface area contributed by atoms with Gasteiger partial charge in [-0.2, -0.15) is 0 Å². The molecule has 120 valence electrons. The zero-order valence-corrected chi connectivity index (χ0v) is 14.5. The summed E-state index contributed by atoms with van der Waals surface area (Å²) in [4.78, 5) is 0. The molecular formula is C16H33NO2S. The molecule has 1 aliphatic rings. The van der Waals surface area contributed by atoms with Gasteiger partial charge in [0.15, 0.2) is 0 Å². The van der Waals surface area contributed by atoms with Gasteiger partial charge in [-0.15, -0.1) is 0 Å². The van der Waals surface area contributed by atoms with Crippen molar-refractivity contribution in [2.45, 2.75) is 77.0 Å². The Kier molecular flexibility index (Phi) is 7.52. The third-order valence-corrected chi connectivity index (χ3v) is 6.41.